The Morgan fingerprint density at radius 1 is 1.07 bits per heavy atom. The molecule has 2 aromatic carbocycles. The number of primary sulfonamides is 1. The second-order valence-electron chi connectivity index (χ2n) is 6.41. The normalized spacial score (nSPS) is 11.4. The van der Waals surface area contributed by atoms with Crippen LogP contribution in [0, 0.1) is 6.92 Å². The molecule has 2 heterocycles. The van der Waals surface area contributed by atoms with Crippen molar-refractivity contribution >= 4 is 54.7 Å². The molecule has 0 amide bonds. The van der Waals surface area contributed by atoms with Crippen molar-refractivity contribution in [3.63, 3.8) is 0 Å². The molecule has 0 aliphatic carbocycles. The lowest BCUT2D eigenvalue weighted by atomic mass is 10.2. The van der Waals surface area contributed by atoms with E-state index in [1.54, 1.807) is 25.4 Å². The van der Waals surface area contributed by atoms with E-state index >= 15 is 0 Å². The summed E-state index contributed by atoms with van der Waals surface area (Å²) in [6.07, 6.45) is 1.68. The van der Waals surface area contributed by atoms with Gasteiger partial charge in [-0.2, -0.15) is 4.98 Å². The fraction of sp³-hybridized carbons (Fsp3) is 0.105. The topological polar surface area (TPSA) is 132 Å². The van der Waals surface area contributed by atoms with E-state index in [0.29, 0.717) is 22.6 Å². The number of benzene rings is 2. The van der Waals surface area contributed by atoms with E-state index in [0.717, 1.165) is 21.5 Å². The smallest absolute Gasteiger partial charge is 0.274 e. The molecule has 154 valence electrons. The van der Waals surface area contributed by atoms with Crippen LogP contribution in [0.4, 0.5) is 23.1 Å². The molecule has 4 aromatic rings. The number of aryl methyl sites for hydroxylation is 1. The number of fused-ring (bicyclic) bond motifs is 1. The van der Waals surface area contributed by atoms with Gasteiger partial charge in [0.2, 0.25) is 16.0 Å². The molecule has 0 radical (unpaired) electrons. The van der Waals surface area contributed by atoms with Crippen molar-refractivity contribution < 1.29 is 13.2 Å². The minimum absolute atomic E-state index is 0.00579. The molecule has 0 unspecified atom stereocenters. The summed E-state index contributed by atoms with van der Waals surface area (Å²) in [7, 11) is -2.21. The van der Waals surface area contributed by atoms with Crippen LogP contribution in [0.2, 0.25) is 0 Å². The molecule has 0 atom stereocenters. The summed E-state index contributed by atoms with van der Waals surface area (Å²) < 4.78 is 29.3. The van der Waals surface area contributed by atoms with Crippen LogP contribution in [-0.4, -0.2) is 30.5 Å². The molecule has 0 saturated carbocycles. The number of nitrogens with one attached hydrogen (secondary N) is 2. The Labute approximate surface area is 177 Å². The Hall–Kier alpha value is -3.28. The first-order valence-corrected chi connectivity index (χ1v) is 11.1. The summed E-state index contributed by atoms with van der Waals surface area (Å²) in [5, 5.41) is 12.1. The minimum atomic E-state index is -3.80. The molecule has 4 N–H and O–H groups in total. The molecule has 0 saturated heterocycles. The summed E-state index contributed by atoms with van der Waals surface area (Å²) in [6.45, 7) is 1.89. The fourth-order valence-electron chi connectivity index (χ4n) is 2.71. The highest BCUT2D eigenvalue weighted by Crippen LogP contribution is 2.31. The zero-order valence-electron chi connectivity index (χ0n) is 16.1. The molecule has 0 aliphatic heterocycles. The Kier molecular flexibility index (Phi) is 5.24. The van der Waals surface area contributed by atoms with E-state index in [-0.39, 0.29) is 4.90 Å². The number of hydrogen-bond donors (Lipinski definition) is 3. The van der Waals surface area contributed by atoms with Gasteiger partial charge in [-0.15, -0.1) is 0 Å². The average Bonchev–Trinajstić information content (AvgIpc) is 3.13. The lowest BCUT2D eigenvalue weighted by Gasteiger charge is -2.11. The molecular formula is C19H18N6O3S2. The van der Waals surface area contributed by atoms with Gasteiger partial charge in [-0.05, 0) is 43.3 Å². The molecule has 30 heavy (non-hydrogen) atoms. The van der Waals surface area contributed by atoms with Gasteiger partial charge in [0.15, 0.2) is 0 Å². The Balaban J connectivity index is 1.59. The van der Waals surface area contributed by atoms with E-state index in [4.69, 9.17) is 9.88 Å². The van der Waals surface area contributed by atoms with Crippen molar-refractivity contribution in [3.8, 4) is 5.19 Å². The van der Waals surface area contributed by atoms with Crippen LogP contribution < -0.4 is 20.5 Å². The number of nitrogens with zero attached hydrogens (tertiary/aromatic N) is 3. The van der Waals surface area contributed by atoms with Crippen LogP contribution in [0.5, 0.6) is 5.19 Å². The third-order valence-electron chi connectivity index (χ3n) is 4.20. The number of anilines is 4. The molecule has 0 spiro atoms. The van der Waals surface area contributed by atoms with Crippen molar-refractivity contribution in [2.24, 2.45) is 5.14 Å². The number of hydrogen-bond acceptors (Lipinski definition) is 9. The standard InChI is InChI=1S/C19H18N6O3S2/c1-11-10-21-18(23-12-4-3-5-14(8-12)30(20,26)27)25-17(11)22-13-6-7-15-16(9-13)29-19(24-15)28-2/h3-10H,1-2H3,(H2,20,26,27)(H2,21,22,23,25). The number of sulfonamides is 1. The molecule has 4 rings (SSSR count). The molecule has 11 heteroatoms. The number of nitrogens with two attached hydrogens (primary N) is 1. The average molecular weight is 443 g/mol. The van der Waals surface area contributed by atoms with Gasteiger partial charge >= 0.3 is 0 Å². The third-order valence-corrected chi connectivity index (χ3v) is 6.09. The van der Waals surface area contributed by atoms with Crippen LogP contribution in [0.15, 0.2) is 53.6 Å². The van der Waals surface area contributed by atoms with E-state index < -0.39 is 10.0 Å². The molecule has 9 nitrogen and oxygen atoms in total. The maximum atomic E-state index is 11.6. The molecular weight excluding hydrogens is 424 g/mol. The first kappa shape index (κ1) is 20.0. The minimum Gasteiger partial charge on any atom is -0.473 e. The highest BCUT2D eigenvalue weighted by Gasteiger charge is 2.10. The van der Waals surface area contributed by atoms with E-state index in [2.05, 4.69) is 25.6 Å². The van der Waals surface area contributed by atoms with Gasteiger partial charge in [-0.1, -0.05) is 17.4 Å². The monoisotopic (exact) mass is 442 g/mol. The van der Waals surface area contributed by atoms with Crippen molar-refractivity contribution in [1.29, 1.82) is 0 Å². The zero-order valence-corrected chi connectivity index (χ0v) is 17.7. The second kappa shape index (κ2) is 7.86. The number of thiazole rings is 1. The predicted octanol–water partition coefficient (Wildman–Crippen LogP) is 3.54. The summed E-state index contributed by atoms with van der Waals surface area (Å²) in [5.41, 5.74) is 3.06. The molecule has 0 aliphatic rings. The SMILES string of the molecule is COc1nc2ccc(Nc3nc(Nc4cccc(S(N)(=O)=O)c4)ncc3C)cc2s1. The highest BCUT2D eigenvalue weighted by molar-refractivity contribution is 7.89. The fourth-order valence-corrected chi connectivity index (χ4v) is 4.09. The summed E-state index contributed by atoms with van der Waals surface area (Å²) >= 11 is 1.46. The van der Waals surface area contributed by atoms with Crippen LogP contribution in [-0.2, 0) is 10.0 Å². The maximum absolute atomic E-state index is 11.6. The van der Waals surface area contributed by atoms with Crippen molar-refractivity contribution in [1.82, 2.24) is 15.0 Å². The summed E-state index contributed by atoms with van der Waals surface area (Å²) in [4.78, 5) is 13.1. The number of ether oxygens (including phenoxy) is 1. The van der Waals surface area contributed by atoms with Crippen LogP contribution in [0.3, 0.4) is 0 Å². The Morgan fingerprint density at radius 2 is 1.87 bits per heavy atom. The van der Waals surface area contributed by atoms with Crippen LogP contribution in [0.25, 0.3) is 10.2 Å². The largest absolute Gasteiger partial charge is 0.473 e. The lowest BCUT2D eigenvalue weighted by Crippen LogP contribution is -2.12. The Morgan fingerprint density at radius 3 is 2.63 bits per heavy atom. The van der Waals surface area contributed by atoms with Gasteiger partial charge in [-0.3, -0.25) is 0 Å². The van der Waals surface area contributed by atoms with E-state index in [1.807, 2.05) is 25.1 Å². The van der Waals surface area contributed by atoms with E-state index in [1.165, 1.54) is 23.5 Å². The van der Waals surface area contributed by atoms with Gasteiger partial charge in [0.05, 0.1) is 22.2 Å². The van der Waals surface area contributed by atoms with Gasteiger partial charge in [0, 0.05) is 23.1 Å². The van der Waals surface area contributed by atoms with E-state index in [9.17, 15) is 8.42 Å². The van der Waals surface area contributed by atoms with Crippen molar-refractivity contribution in [2.45, 2.75) is 11.8 Å². The van der Waals surface area contributed by atoms with Crippen LogP contribution in [0.1, 0.15) is 5.56 Å². The number of rotatable bonds is 6. The van der Waals surface area contributed by atoms with Gasteiger partial charge < -0.3 is 15.4 Å². The number of aromatic nitrogens is 3. The summed E-state index contributed by atoms with van der Waals surface area (Å²) in [6, 6.07) is 11.9. The lowest BCUT2D eigenvalue weighted by molar-refractivity contribution is 0.413. The zero-order chi connectivity index (χ0) is 21.3. The highest BCUT2D eigenvalue weighted by atomic mass is 32.2. The Bertz CT molecular complexity index is 1340. The first-order chi connectivity index (χ1) is 14.3. The molecule has 0 bridgehead atoms. The molecule has 0 fully saturated rings. The molecule has 2 aromatic heterocycles. The van der Waals surface area contributed by atoms with Gasteiger partial charge in [0.1, 0.15) is 5.82 Å². The predicted molar refractivity (Wildman–Crippen MR) is 117 cm³/mol. The first-order valence-electron chi connectivity index (χ1n) is 8.77. The number of methoxy groups -OCH3 is 1. The maximum Gasteiger partial charge on any atom is 0.274 e. The van der Waals surface area contributed by atoms with Crippen LogP contribution >= 0.6 is 11.3 Å². The van der Waals surface area contributed by atoms with Crippen molar-refractivity contribution in [2.75, 3.05) is 17.7 Å². The van der Waals surface area contributed by atoms with Gasteiger partial charge in [0.25, 0.3) is 5.19 Å². The van der Waals surface area contributed by atoms with Gasteiger partial charge in [-0.25, -0.2) is 23.5 Å². The quantitative estimate of drug-likeness (QED) is 0.413. The third kappa shape index (κ3) is 4.32. The second-order valence-corrected chi connectivity index (χ2v) is 8.97. The summed E-state index contributed by atoms with van der Waals surface area (Å²) in [5.74, 6) is 0.932. The van der Waals surface area contributed by atoms with Crippen molar-refractivity contribution in [3.05, 3.63) is 54.2 Å².